The summed E-state index contributed by atoms with van der Waals surface area (Å²) in [6.45, 7) is 7.51. The van der Waals surface area contributed by atoms with E-state index in [4.69, 9.17) is 4.74 Å². The first-order valence-electron chi connectivity index (χ1n) is 7.09. The number of nitrogens with zero attached hydrogens (tertiary/aromatic N) is 1. The minimum atomic E-state index is -0.555. The Morgan fingerprint density at radius 2 is 2.04 bits per heavy atom. The number of methoxy groups -OCH3 is 1. The molecule has 1 aromatic rings. The third kappa shape index (κ3) is 3.23. The third-order valence-corrected chi connectivity index (χ3v) is 6.50. The minimum absolute atomic E-state index is 0.290. The molecule has 1 aliphatic rings. The molecule has 1 unspecified atom stereocenters. The summed E-state index contributed by atoms with van der Waals surface area (Å²) in [5, 5.41) is 3.27. The molecule has 1 saturated heterocycles. The zero-order chi connectivity index (χ0) is 17.4. The van der Waals surface area contributed by atoms with Crippen molar-refractivity contribution in [3.8, 4) is 0 Å². The Morgan fingerprint density at radius 3 is 2.61 bits per heavy atom. The molecule has 2 amide bonds. The molecule has 2 rings (SSSR count). The number of anilines is 1. The van der Waals surface area contributed by atoms with Gasteiger partial charge in [0, 0.05) is 10.6 Å². The molecule has 6 nitrogen and oxygen atoms in total. The van der Waals surface area contributed by atoms with Crippen molar-refractivity contribution in [1.82, 2.24) is 4.90 Å². The third-order valence-electron chi connectivity index (χ3n) is 3.98. The fourth-order valence-corrected chi connectivity index (χ4v) is 4.72. The van der Waals surface area contributed by atoms with Crippen LogP contribution in [0.1, 0.15) is 34.6 Å². The Hall–Kier alpha value is -1.54. The molecule has 0 radical (unpaired) electrons. The molecule has 0 spiro atoms. The van der Waals surface area contributed by atoms with Gasteiger partial charge in [0.05, 0.1) is 17.5 Å². The fourth-order valence-electron chi connectivity index (χ4n) is 2.47. The van der Waals surface area contributed by atoms with Crippen molar-refractivity contribution in [2.75, 3.05) is 18.2 Å². The number of thiophene rings is 1. The Balaban J connectivity index is 2.26. The van der Waals surface area contributed by atoms with Gasteiger partial charge in [-0.05, 0) is 33.3 Å². The summed E-state index contributed by atoms with van der Waals surface area (Å²) in [4.78, 5) is 37.9. The first kappa shape index (κ1) is 17.8. The SMILES string of the molecule is COC(=O)c1c(NC(=O)C2CSC(C)(C)N2C=O)sc(C)c1C. The molecular formula is C15H20N2O4S2. The number of hydrogen-bond acceptors (Lipinski definition) is 6. The van der Waals surface area contributed by atoms with Crippen LogP contribution in [-0.2, 0) is 14.3 Å². The minimum Gasteiger partial charge on any atom is -0.465 e. The maximum Gasteiger partial charge on any atom is 0.341 e. The van der Waals surface area contributed by atoms with E-state index >= 15 is 0 Å². The molecule has 126 valence electrons. The molecule has 1 N–H and O–H groups in total. The van der Waals surface area contributed by atoms with Crippen LogP contribution in [0.2, 0.25) is 0 Å². The van der Waals surface area contributed by atoms with Gasteiger partial charge in [-0.25, -0.2) is 4.79 Å². The van der Waals surface area contributed by atoms with E-state index in [0.29, 0.717) is 22.7 Å². The highest BCUT2D eigenvalue weighted by Gasteiger charge is 2.43. The second kappa shape index (κ2) is 6.52. The smallest absolute Gasteiger partial charge is 0.341 e. The van der Waals surface area contributed by atoms with E-state index in [1.165, 1.54) is 23.3 Å². The van der Waals surface area contributed by atoms with E-state index < -0.39 is 16.9 Å². The van der Waals surface area contributed by atoms with Crippen LogP contribution >= 0.6 is 23.1 Å². The van der Waals surface area contributed by atoms with Gasteiger partial charge in [0.25, 0.3) is 0 Å². The van der Waals surface area contributed by atoms with Gasteiger partial charge in [-0.2, -0.15) is 0 Å². The molecule has 0 saturated carbocycles. The fraction of sp³-hybridized carbons (Fsp3) is 0.533. The first-order chi connectivity index (χ1) is 10.7. The number of amides is 2. The summed E-state index contributed by atoms with van der Waals surface area (Å²) in [7, 11) is 1.31. The molecule has 23 heavy (non-hydrogen) atoms. The number of hydrogen-bond donors (Lipinski definition) is 1. The molecule has 1 aromatic heterocycles. The molecular weight excluding hydrogens is 336 g/mol. The molecule has 1 fully saturated rings. The van der Waals surface area contributed by atoms with E-state index in [1.54, 1.807) is 11.8 Å². The van der Waals surface area contributed by atoms with Gasteiger partial charge >= 0.3 is 5.97 Å². The average Bonchev–Trinajstić information content (AvgIpc) is 2.94. The summed E-state index contributed by atoms with van der Waals surface area (Å²) in [5.41, 5.74) is 1.18. The average molecular weight is 356 g/mol. The number of carbonyl (C=O) groups excluding carboxylic acids is 3. The van der Waals surface area contributed by atoms with Gasteiger partial charge in [0.2, 0.25) is 12.3 Å². The van der Waals surface area contributed by atoms with Crippen LogP contribution in [0.4, 0.5) is 5.00 Å². The standard InChI is InChI=1S/C15H20N2O4S2/c1-8-9(2)23-13(11(8)14(20)21-5)16-12(19)10-6-22-15(3,4)17(10)7-18/h7,10H,6H2,1-5H3,(H,16,19). The van der Waals surface area contributed by atoms with Crippen molar-refractivity contribution in [3.05, 3.63) is 16.0 Å². The quantitative estimate of drug-likeness (QED) is 0.662. The van der Waals surface area contributed by atoms with Crippen molar-refractivity contribution < 1.29 is 19.1 Å². The monoisotopic (exact) mass is 356 g/mol. The molecule has 0 bridgehead atoms. The van der Waals surface area contributed by atoms with Gasteiger partial charge in [0.1, 0.15) is 11.0 Å². The number of thioether (sulfide) groups is 1. The number of ether oxygens (including phenoxy) is 1. The van der Waals surface area contributed by atoms with Crippen molar-refractivity contribution in [2.24, 2.45) is 0 Å². The Kier molecular flexibility index (Phi) is 5.05. The number of rotatable bonds is 4. The van der Waals surface area contributed by atoms with E-state index in [9.17, 15) is 14.4 Å². The summed E-state index contributed by atoms with van der Waals surface area (Å²) >= 11 is 2.88. The summed E-state index contributed by atoms with van der Waals surface area (Å²) in [6, 6.07) is -0.555. The maximum atomic E-state index is 12.6. The Labute approximate surface area is 143 Å². The number of nitrogens with one attached hydrogen (secondary N) is 1. The van der Waals surface area contributed by atoms with Crippen molar-refractivity contribution in [1.29, 1.82) is 0 Å². The predicted molar refractivity (Wildman–Crippen MR) is 92.0 cm³/mol. The van der Waals surface area contributed by atoms with E-state index in [-0.39, 0.29) is 5.91 Å². The highest BCUT2D eigenvalue weighted by atomic mass is 32.2. The molecule has 0 aromatic carbocycles. The first-order valence-corrected chi connectivity index (χ1v) is 8.90. The van der Waals surface area contributed by atoms with E-state index in [2.05, 4.69) is 5.32 Å². The van der Waals surface area contributed by atoms with Crippen LogP contribution in [-0.4, -0.2) is 47.0 Å². The van der Waals surface area contributed by atoms with Crippen LogP contribution in [0.5, 0.6) is 0 Å². The van der Waals surface area contributed by atoms with E-state index in [1.807, 2.05) is 27.7 Å². The lowest BCUT2D eigenvalue weighted by Crippen LogP contribution is -2.47. The van der Waals surface area contributed by atoms with Crippen molar-refractivity contribution in [2.45, 2.75) is 38.6 Å². The largest absolute Gasteiger partial charge is 0.465 e. The van der Waals surface area contributed by atoms with Gasteiger partial charge in [-0.3, -0.25) is 9.59 Å². The van der Waals surface area contributed by atoms with Crippen LogP contribution in [0.15, 0.2) is 0 Å². The lowest BCUT2D eigenvalue weighted by Gasteiger charge is -2.30. The normalized spacial score (nSPS) is 19.5. The zero-order valence-corrected chi connectivity index (χ0v) is 15.4. The van der Waals surface area contributed by atoms with Crippen LogP contribution in [0.25, 0.3) is 0 Å². The van der Waals surface area contributed by atoms with Gasteiger partial charge in [0.15, 0.2) is 0 Å². The lowest BCUT2D eigenvalue weighted by molar-refractivity contribution is -0.130. The van der Waals surface area contributed by atoms with Gasteiger partial charge < -0.3 is 15.0 Å². The molecule has 0 aliphatic carbocycles. The number of esters is 1. The molecule has 1 aliphatic heterocycles. The summed E-state index contributed by atoms with van der Waals surface area (Å²) in [5.74, 6) is -0.244. The van der Waals surface area contributed by atoms with Crippen LogP contribution in [0, 0.1) is 13.8 Å². The van der Waals surface area contributed by atoms with E-state index in [0.717, 1.165) is 10.4 Å². The predicted octanol–water partition coefficient (Wildman–Crippen LogP) is 2.40. The molecule has 2 heterocycles. The number of carbonyl (C=O) groups is 3. The van der Waals surface area contributed by atoms with Crippen molar-refractivity contribution >= 4 is 46.4 Å². The van der Waals surface area contributed by atoms with Crippen molar-refractivity contribution in [3.63, 3.8) is 0 Å². The van der Waals surface area contributed by atoms with Gasteiger partial charge in [-0.15, -0.1) is 23.1 Å². The topological polar surface area (TPSA) is 75.7 Å². The zero-order valence-electron chi connectivity index (χ0n) is 13.8. The lowest BCUT2D eigenvalue weighted by atomic mass is 10.1. The number of aryl methyl sites for hydroxylation is 1. The highest BCUT2D eigenvalue weighted by molar-refractivity contribution is 8.00. The van der Waals surface area contributed by atoms with Gasteiger partial charge in [-0.1, -0.05) is 0 Å². The second-order valence-electron chi connectivity index (χ2n) is 5.75. The van der Waals surface area contributed by atoms with Crippen LogP contribution < -0.4 is 5.32 Å². The summed E-state index contributed by atoms with van der Waals surface area (Å²) < 4.78 is 4.80. The molecule has 1 atom stereocenters. The highest BCUT2D eigenvalue weighted by Crippen LogP contribution is 2.39. The summed E-state index contributed by atoms with van der Waals surface area (Å²) in [6.07, 6.45) is 0.705. The Morgan fingerprint density at radius 1 is 1.39 bits per heavy atom. The Bertz CT molecular complexity index is 654. The molecule has 8 heteroatoms. The maximum absolute atomic E-state index is 12.6. The van der Waals surface area contributed by atoms with Crippen LogP contribution in [0.3, 0.4) is 0 Å². The second-order valence-corrected chi connectivity index (χ2v) is 8.60.